The molecule has 88 valence electrons. The summed E-state index contributed by atoms with van der Waals surface area (Å²) >= 11 is 0. The first-order valence-corrected chi connectivity index (χ1v) is 5.81. The first kappa shape index (κ1) is 12.7. The molecule has 3 atom stereocenters. The van der Waals surface area contributed by atoms with Gasteiger partial charge in [-0.2, -0.15) is 0 Å². The second-order valence-electron chi connectivity index (χ2n) is 5.95. The maximum Gasteiger partial charge on any atom is 0.0939 e. The van der Waals surface area contributed by atoms with E-state index in [2.05, 4.69) is 27.4 Å². The van der Waals surface area contributed by atoms with Gasteiger partial charge in [-0.1, -0.05) is 26.8 Å². The molecule has 0 aromatic heterocycles. The summed E-state index contributed by atoms with van der Waals surface area (Å²) in [5.41, 5.74) is -0.708. The zero-order valence-corrected chi connectivity index (χ0v) is 10.2. The van der Waals surface area contributed by atoms with Crippen LogP contribution < -0.4 is 0 Å². The monoisotopic (exact) mass is 212 g/mol. The fourth-order valence-electron chi connectivity index (χ4n) is 2.47. The van der Waals surface area contributed by atoms with Crippen LogP contribution in [0.2, 0.25) is 0 Å². The third kappa shape index (κ3) is 2.82. The minimum absolute atomic E-state index is 0.219. The molecular weight excluding hydrogens is 188 g/mol. The highest BCUT2D eigenvalue weighted by molar-refractivity contribution is 4.98. The maximum atomic E-state index is 10.2. The molecule has 0 amide bonds. The molecule has 0 saturated heterocycles. The zero-order chi connectivity index (χ0) is 11.7. The topological polar surface area (TPSA) is 40.5 Å². The van der Waals surface area contributed by atoms with Crippen molar-refractivity contribution >= 4 is 0 Å². The number of aliphatic hydroxyl groups is 2. The number of rotatable bonds is 2. The molecule has 1 saturated carbocycles. The molecule has 1 fully saturated rings. The molecule has 2 N–H and O–H groups in total. The second-order valence-corrected chi connectivity index (χ2v) is 5.95. The quantitative estimate of drug-likeness (QED) is 0.690. The van der Waals surface area contributed by atoms with Gasteiger partial charge in [0.15, 0.2) is 0 Å². The number of hydrogen-bond acceptors (Lipinski definition) is 2. The van der Waals surface area contributed by atoms with E-state index in [0.717, 1.165) is 6.42 Å². The standard InChI is InChI=1S/C13H24O2/c1-5-7-13(15)8-6-10(9-11(13)14)12(2,3)4/h5,10-11,14-15H,1,6-9H2,2-4H3/t10-,11+,13+/m0/s1. The molecule has 15 heavy (non-hydrogen) atoms. The molecule has 0 bridgehead atoms. The van der Waals surface area contributed by atoms with Gasteiger partial charge in [-0.3, -0.25) is 0 Å². The van der Waals surface area contributed by atoms with E-state index in [1.165, 1.54) is 0 Å². The van der Waals surface area contributed by atoms with Crippen LogP contribution in [-0.2, 0) is 0 Å². The molecule has 0 radical (unpaired) electrons. The van der Waals surface area contributed by atoms with Crippen molar-refractivity contribution < 1.29 is 10.2 Å². The average molecular weight is 212 g/mol. The molecule has 2 heteroatoms. The third-order valence-corrected chi connectivity index (χ3v) is 3.78. The SMILES string of the molecule is C=CC[C@@]1(O)CC[C@H](C(C)(C)C)C[C@H]1O. The highest BCUT2D eigenvalue weighted by Gasteiger charge is 2.43. The van der Waals surface area contributed by atoms with Gasteiger partial charge in [0.1, 0.15) is 0 Å². The van der Waals surface area contributed by atoms with Crippen molar-refractivity contribution in [1.82, 2.24) is 0 Å². The number of hydrogen-bond donors (Lipinski definition) is 2. The van der Waals surface area contributed by atoms with Gasteiger partial charge >= 0.3 is 0 Å². The van der Waals surface area contributed by atoms with Crippen LogP contribution in [0.1, 0.15) is 46.5 Å². The Morgan fingerprint density at radius 2 is 2.07 bits per heavy atom. The van der Waals surface area contributed by atoms with Crippen LogP contribution in [0.25, 0.3) is 0 Å². The number of aliphatic hydroxyl groups excluding tert-OH is 1. The summed E-state index contributed by atoms with van der Waals surface area (Å²) in [5.74, 6) is 0.498. The maximum absolute atomic E-state index is 10.2. The van der Waals surface area contributed by atoms with Gasteiger partial charge in [-0.25, -0.2) is 0 Å². The first-order chi connectivity index (χ1) is 6.79. The van der Waals surface area contributed by atoms with E-state index in [1.807, 2.05) is 0 Å². The van der Waals surface area contributed by atoms with Gasteiger partial charge in [-0.15, -0.1) is 6.58 Å². The van der Waals surface area contributed by atoms with Crippen molar-refractivity contribution in [3.05, 3.63) is 12.7 Å². The summed E-state index contributed by atoms with van der Waals surface area (Å²) in [6.07, 6.45) is 3.96. The summed E-state index contributed by atoms with van der Waals surface area (Å²) in [5, 5.41) is 20.2. The highest BCUT2D eigenvalue weighted by Crippen LogP contribution is 2.42. The van der Waals surface area contributed by atoms with Crippen LogP contribution in [0, 0.1) is 11.3 Å². The van der Waals surface area contributed by atoms with Gasteiger partial charge < -0.3 is 10.2 Å². The van der Waals surface area contributed by atoms with Gasteiger partial charge in [0, 0.05) is 0 Å². The van der Waals surface area contributed by atoms with E-state index in [0.29, 0.717) is 25.2 Å². The van der Waals surface area contributed by atoms with E-state index >= 15 is 0 Å². The van der Waals surface area contributed by atoms with Crippen LogP contribution in [0.5, 0.6) is 0 Å². The molecule has 0 heterocycles. The van der Waals surface area contributed by atoms with Gasteiger partial charge in [-0.05, 0) is 37.0 Å². The molecule has 0 aromatic carbocycles. The van der Waals surface area contributed by atoms with Gasteiger partial charge in [0.25, 0.3) is 0 Å². The van der Waals surface area contributed by atoms with Crippen molar-refractivity contribution in [2.75, 3.05) is 0 Å². The predicted molar refractivity (Wildman–Crippen MR) is 62.6 cm³/mol. The molecule has 0 aromatic rings. The molecule has 1 aliphatic carbocycles. The van der Waals surface area contributed by atoms with E-state index in [4.69, 9.17) is 0 Å². The van der Waals surface area contributed by atoms with Crippen molar-refractivity contribution in [2.45, 2.75) is 58.2 Å². The second kappa shape index (κ2) is 4.26. The summed E-state index contributed by atoms with van der Waals surface area (Å²) in [6, 6.07) is 0. The van der Waals surface area contributed by atoms with E-state index in [-0.39, 0.29) is 5.41 Å². The van der Waals surface area contributed by atoms with E-state index < -0.39 is 11.7 Å². The molecule has 0 spiro atoms. The Labute approximate surface area is 93.0 Å². The van der Waals surface area contributed by atoms with Gasteiger partial charge in [0.2, 0.25) is 0 Å². The highest BCUT2D eigenvalue weighted by atomic mass is 16.3. The molecule has 2 nitrogen and oxygen atoms in total. The van der Waals surface area contributed by atoms with Gasteiger partial charge in [0.05, 0.1) is 11.7 Å². The molecular formula is C13H24O2. The van der Waals surface area contributed by atoms with Crippen molar-refractivity contribution in [1.29, 1.82) is 0 Å². The average Bonchev–Trinajstić information content (AvgIpc) is 2.08. The van der Waals surface area contributed by atoms with Crippen molar-refractivity contribution in [3.8, 4) is 0 Å². The molecule has 0 aliphatic heterocycles. The van der Waals surface area contributed by atoms with Crippen molar-refractivity contribution in [3.63, 3.8) is 0 Å². The Kier molecular flexibility index (Phi) is 3.62. The van der Waals surface area contributed by atoms with Crippen LogP contribution >= 0.6 is 0 Å². The van der Waals surface area contributed by atoms with E-state index in [9.17, 15) is 10.2 Å². The Hall–Kier alpha value is -0.340. The lowest BCUT2D eigenvalue weighted by Gasteiger charge is -2.44. The van der Waals surface area contributed by atoms with Crippen LogP contribution in [0.15, 0.2) is 12.7 Å². The first-order valence-electron chi connectivity index (χ1n) is 5.81. The summed E-state index contributed by atoms with van der Waals surface area (Å²) in [4.78, 5) is 0. The van der Waals surface area contributed by atoms with Crippen LogP contribution in [-0.4, -0.2) is 21.9 Å². The largest absolute Gasteiger partial charge is 0.390 e. The lowest BCUT2D eigenvalue weighted by molar-refractivity contribution is -0.120. The van der Waals surface area contributed by atoms with Crippen LogP contribution in [0.4, 0.5) is 0 Å². The lowest BCUT2D eigenvalue weighted by Crippen LogP contribution is -2.48. The molecule has 0 unspecified atom stereocenters. The summed E-state index contributed by atoms with van der Waals surface area (Å²) in [6.45, 7) is 10.2. The fourth-order valence-corrected chi connectivity index (χ4v) is 2.47. The summed E-state index contributed by atoms with van der Waals surface area (Å²) < 4.78 is 0. The Balaban J connectivity index is 2.66. The van der Waals surface area contributed by atoms with Crippen molar-refractivity contribution in [2.24, 2.45) is 11.3 Å². The minimum atomic E-state index is -0.927. The Bertz CT molecular complexity index is 229. The lowest BCUT2D eigenvalue weighted by atomic mass is 9.66. The third-order valence-electron chi connectivity index (χ3n) is 3.78. The predicted octanol–water partition coefficient (Wildman–Crippen LogP) is 2.50. The van der Waals surface area contributed by atoms with E-state index in [1.54, 1.807) is 6.08 Å². The Morgan fingerprint density at radius 3 is 2.47 bits per heavy atom. The Morgan fingerprint density at radius 1 is 1.47 bits per heavy atom. The minimum Gasteiger partial charge on any atom is -0.390 e. The molecule has 1 rings (SSSR count). The zero-order valence-electron chi connectivity index (χ0n) is 10.2. The smallest absolute Gasteiger partial charge is 0.0939 e. The summed E-state index contributed by atoms with van der Waals surface area (Å²) in [7, 11) is 0. The fraction of sp³-hybridized carbons (Fsp3) is 0.846. The normalized spacial score (nSPS) is 37.7. The molecule has 1 aliphatic rings. The van der Waals surface area contributed by atoms with Crippen LogP contribution in [0.3, 0.4) is 0 Å².